The number of nitrogens with two attached hydrogens (primary N) is 1. The molecule has 0 bridgehead atoms. The quantitative estimate of drug-likeness (QED) is 0.468. The van der Waals surface area contributed by atoms with Crippen molar-refractivity contribution in [3.63, 3.8) is 0 Å². The summed E-state index contributed by atoms with van der Waals surface area (Å²) in [5.41, 5.74) is 7.27. The van der Waals surface area contributed by atoms with E-state index in [1.54, 1.807) is 19.9 Å². The van der Waals surface area contributed by atoms with Gasteiger partial charge in [0.2, 0.25) is 5.91 Å². The van der Waals surface area contributed by atoms with E-state index in [0.717, 1.165) is 12.8 Å². The Labute approximate surface area is 112 Å². The van der Waals surface area contributed by atoms with Gasteiger partial charge in [-0.1, -0.05) is 0 Å². The highest BCUT2D eigenvalue weighted by atomic mass is 16.6. The number of amides is 1. The number of aryl methyl sites for hydroxylation is 2. The summed E-state index contributed by atoms with van der Waals surface area (Å²) in [5, 5.41) is 13.6. The highest BCUT2D eigenvalue weighted by molar-refractivity contribution is 5.91. The molecular formula is C13H19N3O3. The summed E-state index contributed by atoms with van der Waals surface area (Å²) in [6.07, 6.45) is 1.96. The van der Waals surface area contributed by atoms with Gasteiger partial charge in [0.1, 0.15) is 0 Å². The highest BCUT2D eigenvalue weighted by Crippen LogP contribution is 2.26. The molecule has 0 spiro atoms. The van der Waals surface area contributed by atoms with Crippen molar-refractivity contribution in [1.29, 1.82) is 0 Å². The predicted octanol–water partition coefficient (Wildman–Crippen LogP) is 2.28. The Morgan fingerprint density at radius 1 is 1.32 bits per heavy atom. The van der Waals surface area contributed by atoms with Gasteiger partial charge < -0.3 is 11.1 Å². The number of benzene rings is 1. The van der Waals surface area contributed by atoms with Crippen molar-refractivity contribution in [3.05, 3.63) is 33.4 Å². The number of carbonyl (C=O) groups is 1. The molecule has 1 aromatic carbocycles. The third kappa shape index (κ3) is 4.33. The molecule has 0 aliphatic heterocycles. The van der Waals surface area contributed by atoms with E-state index in [4.69, 9.17) is 5.73 Å². The van der Waals surface area contributed by atoms with Crippen LogP contribution in [0.4, 0.5) is 11.4 Å². The monoisotopic (exact) mass is 265 g/mol. The smallest absolute Gasteiger partial charge is 0.272 e. The molecule has 1 aromatic rings. The van der Waals surface area contributed by atoms with Crippen molar-refractivity contribution in [2.45, 2.75) is 33.1 Å². The Bertz CT molecular complexity index is 486. The number of nitro groups is 1. The molecule has 0 saturated heterocycles. The topological polar surface area (TPSA) is 98.3 Å². The second-order valence-electron chi connectivity index (χ2n) is 4.50. The number of rotatable bonds is 6. The molecule has 6 heteroatoms. The molecule has 0 atom stereocenters. The van der Waals surface area contributed by atoms with Gasteiger partial charge in [0.15, 0.2) is 0 Å². The summed E-state index contributed by atoms with van der Waals surface area (Å²) < 4.78 is 0. The molecule has 3 N–H and O–H groups in total. The molecule has 0 radical (unpaired) electrons. The van der Waals surface area contributed by atoms with E-state index in [2.05, 4.69) is 5.32 Å². The van der Waals surface area contributed by atoms with Gasteiger partial charge in [0, 0.05) is 23.7 Å². The van der Waals surface area contributed by atoms with E-state index in [1.165, 1.54) is 6.07 Å². The maximum atomic E-state index is 11.7. The van der Waals surface area contributed by atoms with Crippen molar-refractivity contribution in [3.8, 4) is 0 Å². The van der Waals surface area contributed by atoms with E-state index in [1.807, 2.05) is 0 Å². The van der Waals surface area contributed by atoms with Crippen LogP contribution in [0.3, 0.4) is 0 Å². The van der Waals surface area contributed by atoms with E-state index in [-0.39, 0.29) is 11.6 Å². The molecular weight excluding hydrogens is 246 g/mol. The van der Waals surface area contributed by atoms with Crippen molar-refractivity contribution in [2.75, 3.05) is 11.9 Å². The van der Waals surface area contributed by atoms with Crippen molar-refractivity contribution >= 4 is 17.3 Å². The lowest BCUT2D eigenvalue weighted by atomic mass is 10.1. The van der Waals surface area contributed by atoms with Crippen LogP contribution in [-0.2, 0) is 4.79 Å². The van der Waals surface area contributed by atoms with Gasteiger partial charge in [0.05, 0.1) is 4.92 Å². The summed E-state index contributed by atoms with van der Waals surface area (Å²) in [5.74, 6) is -0.0928. The zero-order valence-corrected chi connectivity index (χ0v) is 11.2. The Morgan fingerprint density at radius 3 is 2.58 bits per heavy atom. The first kappa shape index (κ1) is 15.1. The molecule has 0 fully saturated rings. The molecule has 1 rings (SSSR count). The van der Waals surface area contributed by atoms with Crippen LogP contribution < -0.4 is 11.1 Å². The zero-order chi connectivity index (χ0) is 14.4. The Morgan fingerprint density at radius 2 is 2.00 bits per heavy atom. The molecule has 0 saturated carbocycles. The van der Waals surface area contributed by atoms with Gasteiger partial charge in [-0.15, -0.1) is 0 Å². The summed E-state index contributed by atoms with van der Waals surface area (Å²) in [6.45, 7) is 3.96. The number of nitrogens with zero attached hydrogens (tertiary/aromatic N) is 1. The first-order valence-corrected chi connectivity index (χ1v) is 6.21. The van der Waals surface area contributed by atoms with Crippen LogP contribution in [0.1, 0.15) is 30.4 Å². The van der Waals surface area contributed by atoms with E-state index in [0.29, 0.717) is 29.8 Å². The van der Waals surface area contributed by atoms with Gasteiger partial charge in [-0.05, 0) is 44.9 Å². The van der Waals surface area contributed by atoms with Crippen LogP contribution in [0.25, 0.3) is 0 Å². The van der Waals surface area contributed by atoms with E-state index >= 15 is 0 Å². The normalized spacial score (nSPS) is 10.3. The fourth-order valence-corrected chi connectivity index (χ4v) is 1.77. The number of anilines is 1. The van der Waals surface area contributed by atoms with Crippen molar-refractivity contribution in [2.24, 2.45) is 5.73 Å². The first-order valence-electron chi connectivity index (χ1n) is 6.21. The molecule has 0 aliphatic rings. The van der Waals surface area contributed by atoms with Crippen LogP contribution in [0.2, 0.25) is 0 Å². The lowest BCUT2D eigenvalue weighted by Gasteiger charge is -2.09. The second-order valence-corrected chi connectivity index (χ2v) is 4.50. The van der Waals surface area contributed by atoms with Crippen LogP contribution >= 0.6 is 0 Å². The van der Waals surface area contributed by atoms with Gasteiger partial charge in [-0.25, -0.2) is 0 Å². The molecule has 19 heavy (non-hydrogen) atoms. The molecule has 6 nitrogen and oxygen atoms in total. The molecule has 0 heterocycles. The third-order valence-electron chi connectivity index (χ3n) is 2.87. The lowest BCUT2D eigenvalue weighted by molar-refractivity contribution is -0.385. The summed E-state index contributed by atoms with van der Waals surface area (Å²) in [7, 11) is 0. The van der Waals surface area contributed by atoms with Gasteiger partial charge in [0.25, 0.3) is 5.69 Å². The van der Waals surface area contributed by atoms with E-state index < -0.39 is 4.92 Å². The fraction of sp³-hybridized carbons (Fsp3) is 0.462. The van der Waals surface area contributed by atoms with Crippen molar-refractivity contribution < 1.29 is 9.72 Å². The van der Waals surface area contributed by atoms with Crippen LogP contribution in [0, 0.1) is 24.0 Å². The number of nitrogens with one attached hydrogen (secondary N) is 1. The number of carbonyl (C=O) groups excluding carboxylic acids is 1. The third-order valence-corrected chi connectivity index (χ3v) is 2.87. The van der Waals surface area contributed by atoms with Gasteiger partial charge >= 0.3 is 0 Å². The number of nitro benzene ring substituents is 1. The van der Waals surface area contributed by atoms with E-state index in [9.17, 15) is 14.9 Å². The largest absolute Gasteiger partial charge is 0.330 e. The van der Waals surface area contributed by atoms with Crippen LogP contribution in [0.15, 0.2) is 12.1 Å². The minimum absolute atomic E-state index is 0.0682. The Hall–Kier alpha value is -1.95. The Kier molecular flexibility index (Phi) is 5.44. The standard InChI is InChI=1S/C13H19N3O3/c1-9-8-12(16(18)19)10(2)7-11(9)15-13(17)5-3-4-6-14/h7-8H,3-6,14H2,1-2H3,(H,15,17). The fourth-order valence-electron chi connectivity index (χ4n) is 1.77. The van der Waals surface area contributed by atoms with Crippen molar-refractivity contribution in [1.82, 2.24) is 0 Å². The maximum Gasteiger partial charge on any atom is 0.272 e. The number of hydrogen-bond acceptors (Lipinski definition) is 4. The first-order chi connectivity index (χ1) is 8.95. The van der Waals surface area contributed by atoms with Gasteiger partial charge in [-0.2, -0.15) is 0 Å². The molecule has 0 unspecified atom stereocenters. The average molecular weight is 265 g/mol. The minimum atomic E-state index is -0.421. The molecule has 104 valence electrons. The minimum Gasteiger partial charge on any atom is -0.330 e. The SMILES string of the molecule is Cc1cc([N+](=O)[O-])c(C)cc1NC(=O)CCCCN. The predicted molar refractivity (Wildman–Crippen MR) is 74.1 cm³/mol. The molecule has 0 aromatic heterocycles. The number of hydrogen-bond donors (Lipinski definition) is 2. The van der Waals surface area contributed by atoms with Crippen LogP contribution in [-0.4, -0.2) is 17.4 Å². The lowest BCUT2D eigenvalue weighted by Crippen LogP contribution is -2.13. The Balaban J connectivity index is 2.77. The van der Waals surface area contributed by atoms with Crippen LogP contribution in [0.5, 0.6) is 0 Å². The molecule has 1 amide bonds. The summed E-state index contributed by atoms with van der Waals surface area (Å²) in [4.78, 5) is 22.1. The summed E-state index contributed by atoms with van der Waals surface area (Å²) >= 11 is 0. The molecule has 0 aliphatic carbocycles. The summed E-state index contributed by atoms with van der Waals surface area (Å²) in [6, 6.07) is 3.11. The zero-order valence-electron chi connectivity index (χ0n) is 11.2. The highest BCUT2D eigenvalue weighted by Gasteiger charge is 2.14. The maximum absolute atomic E-state index is 11.7. The second kappa shape index (κ2) is 6.84. The van der Waals surface area contributed by atoms with Gasteiger partial charge in [-0.3, -0.25) is 14.9 Å². The average Bonchev–Trinajstić information content (AvgIpc) is 2.33. The number of unbranched alkanes of at least 4 members (excludes halogenated alkanes) is 1.